The molecule has 0 saturated heterocycles. The average molecular weight is 835 g/mol. The van der Waals surface area contributed by atoms with Crippen LogP contribution in [-0.4, -0.2) is 4.57 Å². The van der Waals surface area contributed by atoms with Gasteiger partial charge in [-0.2, -0.15) is 0 Å². The van der Waals surface area contributed by atoms with Crippen molar-refractivity contribution in [2.75, 3.05) is 4.90 Å². The highest BCUT2D eigenvalue weighted by molar-refractivity contribution is 6.27. The Morgan fingerprint density at radius 1 is 0.375 bits per heavy atom. The highest BCUT2D eigenvalue weighted by atomic mass is 15.1. The van der Waals surface area contributed by atoms with E-state index in [0.29, 0.717) is 0 Å². The van der Waals surface area contributed by atoms with E-state index in [4.69, 9.17) is 0 Å². The van der Waals surface area contributed by atoms with Gasteiger partial charge in [-0.25, -0.2) is 0 Å². The Morgan fingerprint density at radius 3 is 1.44 bits per heavy atom. The molecule has 0 fully saturated rings. The number of hydrogen-bond donors (Lipinski definition) is 0. The van der Waals surface area contributed by atoms with Crippen molar-refractivity contribution in [3.8, 4) is 16.8 Å². The normalized spacial score (nSPS) is 13.0. The molecule has 64 heavy (non-hydrogen) atoms. The fourth-order valence-electron chi connectivity index (χ4n) is 10.1. The monoisotopic (exact) mass is 834 g/mol. The van der Waals surface area contributed by atoms with Crippen LogP contribution in [0.4, 0.5) is 17.1 Å². The van der Waals surface area contributed by atoms with Gasteiger partial charge in [0.2, 0.25) is 0 Å². The Kier molecular flexibility index (Phi) is 9.48. The van der Waals surface area contributed by atoms with Crippen molar-refractivity contribution in [3.63, 3.8) is 0 Å². The van der Waals surface area contributed by atoms with Gasteiger partial charge in [-0.1, -0.05) is 180 Å². The number of rotatable bonds is 5. The third-order valence-corrected chi connectivity index (χ3v) is 13.7. The maximum absolute atomic E-state index is 2.53. The van der Waals surface area contributed by atoms with Crippen LogP contribution in [0.15, 0.2) is 158 Å². The molecule has 1 heterocycles. The Labute approximate surface area is 380 Å². The zero-order valence-corrected chi connectivity index (χ0v) is 39.9. The lowest BCUT2D eigenvalue weighted by Gasteiger charge is -2.31. The lowest BCUT2D eigenvalue weighted by Crippen LogP contribution is -2.16. The van der Waals surface area contributed by atoms with Crippen LogP contribution >= 0.6 is 0 Å². The standard InChI is InChI=1S/C62H62N2/c1-59(2,3)42-22-26-45(27-23-42)63(46-28-31-52(62(10,11)12)49(38-46)39-16-14-13-15-17-39)53-32-20-40-19-30-48-54(33-21-41-18-29-47(53)57(40)58(41)48)64-55-34-24-43(60(4,5)6)36-50(55)51-37-44(61(7,8)9)25-35-56(51)64/h13-38H,1-12H3. The van der Waals surface area contributed by atoms with Gasteiger partial charge in [-0.05, 0) is 137 Å². The number of aromatic nitrogens is 1. The molecule has 0 saturated carbocycles. The van der Waals surface area contributed by atoms with E-state index in [1.54, 1.807) is 0 Å². The first-order chi connectivity index (χ1) is 30.3. The molecule has 0 aliphatic heterocycles. The van der Waals surface area contributed by atoms with Gasteiger partial charge in [0.25, 0.3) is 0 Å². The maximum Gasteiger partial charge on any atom is 0.0541 e. The zero-order chi connectivity index (χ0) is 45.1. The largest absolute Gasteiger partial charge is 0.310 e. The number of hydrogen-bond acceptors (Lipinski definition) is 1. The first-order valence-corrected chi connectivity index (χ1v) is 23.2. The molecule has 320 valence electrons. The van der Waals surface area contributed by atoms with Crippen molar-refractivity contribution < 1.29 is 0 Å². The van der Waals surface area contributed by atoms with Crippen LogP contribution in [0.2, 0.25) is 0 Å². The van der Waals surface area contributed by atoms with E-state index < -0.39 is 0 Å². The van der Waals surface area contributed by atoms with Crippen molar-refractivity contribution in [2.45, 2.75) is 105 Å². The molecular formula is C62H62N2. The second-order valence-electron chi connectivity index (χ2n) is 22.4. The molecule has 9 aromatic carbocycles. The topological polar surface area (TPSA) is 8.17 Å². The van der Waals surface area contributed by atoms with Crippen LogP contribution in [0.1, 0.15) is 105 Å². The maximum atomic E-state index is 2.53. The molecule has 0 N–H and O–H groups in total. The fraction of sp³-hybridized carbons (Fsp3) is 0.258. The second-order valence-corrected chi connectivity index (χ2v) is 22.4. The molecule has 10 rings (SSSR count). The van der Waals surface area contributed by atoms with E-state index in [1.165, 1.54) is 98.9 Å². The summed E-state index contributed by atoms with van der Waals surface area (Å²) in [4.78, 5) is 2.49. The van der Waals surface area contributed by atoms with Gasteiger partial charge in [-0.15, -0.1) is 0 Å². The lowest BCUT2D eigenvalue weighted by atomic mass is 9.81. The van der Waals surface area contributed by atoms with Crippen molar-refractivity contribution in [1.82, 2.24) is 4.57 Å². The zero-order valence-electron chi connectivity index (χ0n) is 39.9. The lowest BCUT2D eigenvalue weighted by molar-refractivity contribution is 0.590. The molecule has 10 aromatic rings. The summed E-state index contributed by atoms with van der Waals surface area (Å²) in [6.45, 7) is 27.7. The van der Waals surface area contributed by atoms with Crippen LogP contribution < -0.4 is 4.90 Å². The summed E-state index contributed by atoms with van der Waals surface area (Å²) in [5.74, 6) is 0. The average Bonchev–Trinajstić information content (AvgIpc) is 3.58. The minimum absolute atomic E-state index is 0.0340. The number of benzene rings is 9. The summed E-state index contributed by atoms with van der Waals surface area (Å²) in [5, 5.41) is 10.2. The number of anilines is 3. The van der Waals surface area contributed by atoms with Crippen molar-refractivity contribution in [1.29, 1.82) is 0 Å². The molecule has 0 aliphatic rings. The summed E-state index contributed by atoms with van der Waals surface area (Å²) in [7, 11) is 0. The van der Waals surface area contributed by atoms with Crippen LogP contribution in [0.3, 0.4) is 0 Å². The van der Waals surface area contributed by atoms with Crippen LogP contribution in [-0.2, 0) is 21.7 Å². The molecule has 0 amide bonds. The quantitative estimate of drug-likeness (QED) is 0.157. The first kappa shape index (κ1) is 41.6. The molecule has 0 spiro atoms. The molecular weight excluding hydrogens is 773 g/mol. The molecule has 0 atom stereocenters. The Bertz CT molecular complexity index is 3320. The molecule has 2 heteroatoms. The van der Waals surface area contributed by atoms with Gasteiger partial charge in [0.1, 0.15) is 0 Å². The minimum Gasteiger partial charge on any atom is -0.310 e. The van der Waals surface area contributed by atoms with Gasteiger partial charge in [0.15, 0.2) is 0 Å². The van der Waals surface area contributed by atoms with Gasteiger partial charge in [-0.3, -0.25) is 0 Å². The number of nitrogens with zero attached hydrogens (tertiary/aromatic N) is 2. The third-order valence-electron chi connectivity index (χ3n) is 13.7. The highest BCUT2D eigenvalue weighted by Gasteiger charge is 2.26. The highest BCUT2D eigenvalue weighted by Crippen LogP contribution is 2.48. The predicted molar refractivity (Wildman–Crippen MR) is 279 cm³/mol. The summed E-state index contributed by atoms with van der Waals surface area (Å²) in [6.07, 6.45) is 0. The van der Waals surface area contributed by atoms with Crippen molar-refractivity contribution in [2.24, 2.45) is 0 Å². The molecule has 1 aromatic heterocycles. The smallest absolute Gasteiger partial charge is 0.0541 e. The summed E-state index contributed by atoms with van der Waals surface area (Å²) < 4.78 is 2.53. The minimum atomic E-state index is -0.0340. The Morgan fingerprint density at radius 2 is 0.875 bits per heavy atom. The predicted octanol–water partition coefficient (Wildman–Crippen LogP) is 18.0. The molecule has 2 nitrogen and oxygen atoms in total. The molecule has 0 radical (unpaired) electrons. The van der Waals surface area contributed by atoms with Crippen LogP contribution in [0.5, 0.6) is 0 Å². The van der Waals surface area contributed by atoms with E-state index >= 15 is 0 Å². The van der Waals surface area contributed by atoms with E-state index in [9.17, 15) is 0 Å². The van der Waals surface area contributed by atoms with E-state index in [-0.39, 0.29) is 21.7 Å². The van der Waals surface area contributed by atoms with Crippen LogP contribution in [0.25, 0.3) is 70.9 Å². The van der Waals surface area contributed by atoms with Crippen molar-refractivity contribution in [3.05, 3.63) is 180 Å². The van der Waals surface area contributed by atoms with Gasteiger partial charge < -0.3 is 9.47 Å². The van der Waals surface area contributed by atoms with Gasteiger partial charge >= 0.3 is 0 Å². The Balaban J connectivity index is 1.24. The van der Waals surface area contributed by atoms with Gasteiger partial charge in [0.05, 0.1) is 22.4 Å². The summed E-state index contributed by atoms with van der Waals surface area (Å²) >= 11 is 0. The van der Waals surface area contributed by atoms with E-state index in [2.05, 4.69) is 250 Å². The van der Waals surface area contributed by atoms with Gasteiger partial charge in [0, 0.05) is 32.9 Å². The number of fused-ring (bicyclic) bond motifs is 3. The Hall–Kier alpha value is -6.38. The van der Waals surface area contributed by atoms with E-state index in [0.717, 1.165) is 11.4 Å². The second kappa shape index (κ2) is 14.6. The SMILES string of the molecule is CC(C)(C)c1ccc(N(c2ccc(C(C)(C)C)c(-c3ccccc3)c2)c2ccc3ccc4c(-n5c6ccc(C(C)(C)C)cc6c6cc(C(C)(C)C)ccc65)ccc5ccc2c3c54)cc1. The molecule has 0 aliphatic carbocycles. The van der Waals surface area contributed by atoms with Crippen LogP contribution in [0, 0.1) is 0 Å². The molecule has 0 bridgehead atoms. The van der Waals surface area contributed by atoms with E-state index in [1.807, 2.05) is 0 Å². The summed E-state index contributed by atoms with van der Waals surface area (Å²) in [6, 6.07) is 60.3. The third kappa shape index (κ3) is 6.94. The molecule has 0 unspecified atom stereocenters. The van der Waals surface area contributed by atoms with Crippen molar-refractivity contribution >= 4 is 71.2 Å². The summed E-state index contributed by atoms with van der Waals surface area (Å²) in [5.41, 5.74) is 15.1. The fourth-order valence-corrected chi connectivity index (χ4v) is 10.1. The first-order valence-electron chi connectivity index (χ1n) is 23.2.